The summed E-state index contributed by atoms with van der Waals surface area (Å²) in [5, 5.41) is 14.3. The second-order valence-corrected chi connectivity index (χ2v) is 4.48. The molecule has 1 aromatic carbocycles. The van der Waals surface area contributed by atoms with E-state index in [1.807, 2.05) is 18.2 Å². The van der Waals surface area contributed by atoms with Crippen molar-refractivity contribution < 1.29 is 9.53 Å². The van der Waals surface area contributed by atoms with Gasteiger partial charge >= 0.3 is 5.97 Å². The SMILES string of the molecule is CCOC(=O)c1n[nH]nc1-c1ccc2snnc2c1. The zero-order chi connectivity index (χ0) is 13.2. The Kier molecular flexibility index (Phi) is 2.92. The van der Waals surface area contributed by atoms with Gasteiger partial charge in [0.05, 0.1) is 11.3 Å². The molecule has 0 radical (unpaired) electrons. The molecule has 0 aliphatic carbocycles. The second-order valence-electron chi connectivity index (χ2n) is 3.70. The topological polar surface area (TPSA) is 93.7 Å². The molecular weight excluding hydrogens is 266 g/mol. The number of H-pyrrole nitrogens is 1. The molecule has 0 spiro atoms. The minimum Gasteiger partial charge on any atom is -0.461 e. The van der Waals surface area contributed by atoms with Crippen molar-refractivity contribution in [3.63, 3.8) is 0 Å². The summed E-state index contributed by atoms with van der Waals surface area (Å²) >= 11 is 1.32. The van der Waals surface area contributed by atoms with Crippen molar-refractivity contribution in [3.05, 3.63) is 23.9 Å². The summed E-state index contributed by atoms with van der Waals surface area (Å²) in [6.07, 6.45) is 0. The molecule has 96 valence electrons. The lowest BCUT2D eigenvalue weighted by molar-refractivity contribution is 0.0520. The molecule has 3 rings (SSSR count). The highest BCUT2D eigenvalue weighted by Gasteiger charge is 2.19. The van der Waals surface area contributed by atoms with E-state index in [1.165, 1.54) is 11.5 Å². The number of esters is 1. The van der Waals surface area contributed by atoms with Gasteiger partial charge in [-0.1, -0.05) is 10.6 Å². The quantitative estimate of drug-likeness (QED) is 0.730. The van der Waals surface area contributed by atoms with Gasteiger partial charge in [0.25, 0.3) is 0 Å². The van der Waals surface area contributed by atoms with E-state index in [1.54, 1.807) is 6.92 Å². The van der Waals surface area contributed by atoms with Crippen LogP contribution in [0.4, 0.5) is 0 Å². The summed E-state index contributed by atoms with van der Waals surface area (Å²) in [7, 11) is 0. The first-order valence-electron chi connectivity index (χ1n) is 5.60. The summed E-state index contributed by atoms with van der Waals surface area (Å²) in [6, 6.07) is 5.56. The van der Waals surface area contributed by atoms with Crippen LogP contribution >= 0.6 is 11.5 Å². The predicted molar refractivity (Wildman–Crippen MR) is 68.7 cm³/mol. The average Bonchev–Trinajstić information content (AvgIpc) is 3.07. The fraction of sp³-hybridized carbons (Fsp3) is 0.182. The van der Waals surface area contributed by atoms with Gasteiger partial charge in [0.2, 0.25) is 0 Å². The van der Waals surface area contributed by atoms with E-state index < -0.39 is 5.97 Å². The number of aromatic nitrogens is 5. The van der Waals surface area contributed by atoms with Gasteiger partial charge in [0, 0.05) is 5.56 Å². The molecule has 0 amide bonds. The molecule has 19 heavy (non-hydrogen) atoms. The molecule has 1 N–H and O–H groups in total. The second kappa shape index (κ2) is 4.73. The van der Waals surface area contributed by atoms with Crippen LogP contribution in [0.15, 0.2) is 18.2 Å². The number of aromatic amines is 1. The maximum atomic E-state index is 11.7. The van der Waals surface area contributed by atoms with Crippen LogP contribution in [-0.2, 0) is 4.74 Å². The molecule has 2 heterocycles. The lowest BCUT2D eigenvalue weighted by atomic mass is 10.1. The summed E-state index contributed by atoms with van der Waals surface area (Å²) in [5.74, 6) is -0.497. The highest BCUT2D eigenvalue weighted by molar-refractivity contribution is 7.12. The Hall–Kier alpha value is -2.35. The maximum Gasteiger partial charge on any atom is 0.361 e. The fourth-order valence-corrected chi connectivity index (χ4v) is 2.24. The van der Waals surface area contributed by atoms with Gasteiger partial charge < -0.3 is 4.74 Å². The average molecular weight is 275 g/mol. The van der Waals surface area contributed by atoms with Crippen molar-refractivity contribution in [1.82, 2.24) is 25.0 Å². The van der Waals surface area contributed by atoms with E-state index in [0.717, 1.165) is 15.8 Å². The zero-order valence-electron chi connectivity index (χ0n) is 9.95. The monoisotopic (exact) mass is 275 g/mol. The Bertz CT molecular complexity index is 735. The van der Waals surface area contributed by atoms with Gasteiger partial charge in [0.1, 0.15) is 11.2 Å². The molecular formula is C11H9N5O2S. The van der Waals surface area contributed by atoms with Crippen molar-refractivity contribution in [1.29, 1.82) is 0 Å². The molecule has 0 atom stereocenters. The van der Waals surface area contributed by atoms with Gasteiger partial charge in [-0.3, -0.25) is 0 Å². The number of carbonyl (C=O) groups is 1. The van der Waals surface area contributed by atoms with Gasteiger partial charge in [0.15, 0.2) is 5.69 Å². The molecule has 0 unspecified atom stereocenters. The number of hydrogen-bond donors (Lipinski definition) is 1. The third-order valence-electron chi connectivity index (χ3n) is 2.54. The van der Waals surface area contributed by atoms with E-state index in [0.29, 0.717) is 12.3 Å². The van der Waals surface area contributed by atoms with Crippen molar-refractivity contribution in [2.75, 3.05) is 6.61 Å². The molecule has 8 heteroatoms. The van der Waals surface area contributed by atoms with Gasteiger partial charge in [-0.2, -0.15) is 10.3 Å². The fourth-order valence-electron chi connectivity index (χ4n) is 1.70. The van der Waals surface area contributed by atoms with Crippen molar-refractivity contribution in [3.8, 4) is 11.3 Å². The number of rotatable bonds is 3. The van der Waals surface area contributed by atoms with E-state index >= 15 is 0 Å². The number of benzene rings is 1. The van der Waals surface area contributed by atoms with Gasteiger partial charge in [-0.15, -0.1) is 10.2 Å². The summed E-state index contributed by atoms with van der Waals surface area (Å²) in [6.45, 7) is 2.03. The highest BCUT2D eigenvalue weighted by Crippen LogP contribution is 2.25. The summed E-state index contributed by atoms with van der Waals surface area (Å²) in [5.41, 5.74) is 2.13. The molecule has 0 aliphatic heterocycles. The third-order valence-corrected chi connectivity index (χ3v) is 3.24. The van der Waals surface area contributed by atoms with Crippen LogP contribution in [0.1, 0.15) is 17.4 Å². The van der Waals surface area contributed by atoms with Crippen LogP contribution in [0.25, 0.3) is 21.5 Å². The number of carbonyl (C=O) groups excluding carboxylic acids is 1. The third kappa shape index (κ3) is 2.06. The molecule has 0 bridgehead atoms. The smallest absolute Gasteiger partial charge is 0.361 e. The van der Waals surface area contributed by atoms with Crippen molar-refractivity contribution in [2.45, 2.75) is 6.92 Å². The maximum absolute atomic E-state index is 11.7. The highest BCUT2D eigenvalue weighted by atomic mass is 32.1. The summed E-state index contributed by atoms with van der Waals surface area (Å²) < 4.78 is 9.78. The van der Waals surface area contributed by atoms with Crippen molar-refractivity contribution in [2.24, 2.45) is 0 Å². The molecule has 3 aromatic rings. The minimum atomic E-state index is -0.497. The van der Waals surface area contributed by atoms with Crippen LogP contribution in [0.2, 0.25) is 0 Å². The van der Waals surface area contributed by atoms with Crippen LogP contribution in [0.3, 0.4) is 0 Å². The molecule has 7 nitrogen and oxygen atoms in total. The lowest BCUT2D eigenvalue weighted by Gasteiger charge is -2.00. The molecule has 0 saturated heterocycles. The Labute approximate surface area is 111 Å². The number of ether oxygens (including phenoxy) is 1. The van der Waals surface area contributed by atoms with E-state index in [-0.39, 0.29) is 5.69 Å². The Morgan fingerprint density at radius 1 is 1.42 bits per heavy atom. The number of fused-ring (bicyclic) bond motifs is 1. The Balaban J connectivity index is 2.06. The van der Waals surface area contributed by atoms with Gasteiger partial charge in [-0.05, 0) is 30.6 Å². The van der Waals surface area contributed by atoms with Crippen LogP contribution in [-0.4, -0.2) is 37.6 Å². The number of hydrogen-bond acceptors (Lipinski definition) is 7. The molecule has 0 saturated carbocycles. The molecule has 2 aromatic heterocycles. The van der Waals surface area contributed by atoms with Crippen LogP contribution in [0, 0.1) is 0 Å². The first-order chi connectivity index (χ1) is 9.29. The first kappa shape index (κ1) is 11.7. The van der Waals surface area contributed by atoms with Gasteiger partial charge in [-0.25, -0.2) is 4.79 Å². The van der Waals surface area contributed by atoms with Crippen molar-refractivity contribution >= 4 is 27.7 Å². The zero-order valence-corrected chi connectivity index (χ0v) is 10.8. The normalized spacial score (nSPS) is 10.8. The predicted octanol–water partition coefficient (Wildman–Crippen LogP) is 1.65. The standard InChI is InChI=1S/C11H9N5O2S/c1-2-18-11(17)10-9(13-15-14-10)6-3-4-8-7(5-6)12-16-19-8/h3-5H,2H2,1H3,(H,13,14,15). The Morgan fingerprint density at radius 2 is 2.32 bits per heavy atom. The van der Waals surface area contributed by atoms with E-state index in [9.17, 15) is 4.79 Å². The molecule has 0 aliphatic rings. The van der Waals surface area contributed by atoms with Crippen LogP contribution in [0.5, 0.6) is 0 Å². The lowest BCUT2D eigenvalue weighted by Crippen LogP contribution is -2.06. The van der Waals surface area contributed by atoms with E-state index in [2.05, 4.69) is 25.0 Å². The molecule has 0 fully saturated rings. The number of nitrogens with zero attached hydrogens (tertiary/aromatic N) is 4. The minimum absolute atomic E-state index is 0.171. The van der Waals surface area contributed by atoms with Crippen LogP contribution < -0.4 is 0 Å². The Morgan fingerprint density at radius 3 is 3.16 bits per heavy atom. The first-order valence-corrected chi connectivity index (χ1v) is 6.37. The van der Waals surface area contributed by atoms with E-state index in [4.69, 9.17) is 4.74 Å². The summed E-state index contributed by atoms with van der Waals surface area (Å²) in [4.78, 5) is 11.7. The number of nitrogens with one attached hydrogen (secondary N) is 1. The largest absolute Gasteiger partial charge is 0.461 e.